The Morgan fingerprint density at radius 3 is 2.00 bits per heavy atom. The van der Waals surface area contributed by atoms with Crippen molar-refractivity contribution < 1.29 is 9.59 Å². The van der Waals surface area contributed by atoms with Crippen molar-refractivity contribution in [1.82, 2.24) is 15.1 Å². The predicted octanol–water partition coefficient (Wildman–Crippen LogP) is 1.58. The van der Waals surface area contributed by atoms with Crippen LogP contribution in [0.15, 0.2) is 0 Å². The van der Waals surface area contributed by atoms with Crippen LogP contribution in [0.3, 0.4) is 0 Å². The van der Waals surface area contributed by atoms with Gasteiger partial charge >= 0.3 is 6.03 Å². The number of hydrogen-bond donors (Lipinski definition) is 1. The van der Waals surface area contributed by atoms with Gasteiger partial charge in [0.1, 0.15) is 0 Å². The van der Waals surface area contributed by atoms with Crippen LogP contribution in [-0.2, 0) is 4.79 Å². The van der Waals surface area contributed by atoms with Gasteiger partial charge in [-0.1, -0.05) is 12.8 Å². The molecule has 0 spiro atoms. The number of hydrogen-bond acceptors (Lipinski definition) is 2. The van der Waals surface area contributed by atoms with Gasteiger partial charge in [-0.05, 0) is 25.7 Å². The Balaban J connectivity index is 1.75. The lowest BCUT2D eigenvalue weighted by Crippen LogP contribution is -2.50. The van der Waals surface area contributed by atoms with Gasteiger partial charge in [0.15, 0.2) is 0 Å². The summed E-state index contributed by atoms with van der Waals surface area (Å²) in [6, 6.07) is 0.314. The highest BCUT2D eigenvalue weighted by Gasteiger charge is 2.24. The zero-order valence-corrected chi connectivity index (χ0v) is 11.9. The lowest BCUT2D eigenvalue weighted by molar-refractivity contribution is -0.129. The molecule has 2 rings (SSSR count). The highest BCUT2D eigenvalue weighted by atomic mass is 16.2. The molecule has 2 heterocycles. The van der Waals surface area contributed by atoms with Crippen molar-refractivity contribution in [3.63, 3.8) is 0 Å². The van der Waals surface area contributed by atoms with Gasteiger partial charge in [0.05, 0.1) is 0 Å². The number of nitrogens with one attached hydrogen (secondary N) is 1. The van der Waals surface area contributed by atoms with E-state index in [1.54, 1.807) is 6.92 Å². The molecule has 0 aromatic carbocycles. The average Bonchev–Trinajstić information content (AvgIpc) is 2.68. The molecule has 2 saturated heterocycles. The summed E-state index contributed by atoms with van der Waals surface area (Å²) in [6.07, 6.45) is 6.46. The van der Waals surface area contributed by atoms with Crippen molar-refractivity contribution in [1.29, 1.82) is 0 Å². The van der Waals surface area contributed by atoms with Gasteiger partial charge in [-0.2, -0.15) is 0 Å². The van der Waals surface area contributed by atoms with Crippen LogP contribution in [0.4, 0.5) is 4.79 Å². The molecular formula is C14H25N3O2. The van der Waals surface area contributed by atoms with Crippen molar-refractivity contribution in [2.24, 2.45) is 0 Å². The van der Waals surface area contributed by atoms with Crippen LogP contribution in [-0.4, -0.2) is 54.0 Å². The Hall–Kier alpha value is -1.26. The maximum Gasteiger partial charge on any atom is 0.317 e. The molecule has 0 aromatic rings. The number of amides is 3. The summed E-state index contributed by atoms with van der Waals surface area (Å²) < 4.78 is 0. The van der Waals surface area contributed by atoms with Gasteiger partial charge in [0.25, 0.3) is 0 Å². The molecule has 2 aliphatic heterocycles. The first-order valence-electron chi connectivity index (χ1n) is 7.48. The van der Waals surface area contributed by atoms with Gasteiger partial charge in [0, 0.05) is 39.1 Å². The standard InChI is InChI=1S/C14H25N3O2/c1-12(18)16-10-6-13(7-11-16)15-14(19)17-8-4-2-3-5-9-17/h13H,2-11H2,1H3,(H,15,19). The van der Waals surface area contributed by atoms with E-state index in [0.717, 1.165) is 51.9 Å². The number of carbonyl (C=O) groups excluding carboxylic acids is 2. The molecule has 0 unspecified atom stereocenters. The molecule has 0 atom stereocenters. The third kappa shape index (κ3) is 4.11. The van der Waals surface area contributed by atoms with Crippen molar-refractivity contribution in [3.05, 3.63) is 0 Å². The molecule has 3 amide bonds. The van der Waals surface area contributed by atoms with E-state index < -0.39 is 0 Å². The lowest BCUT2D eigenvalue weighted by Gasteiger charge is -2.33. The quantitative estimate of drug-likeness (QED) is 0.784. The van der Waals surface area contributed by atoms with E-state index in [-0.39, 0.29) is 18.0 Å². The fourth-order valence-corrected chi connectivity index (χ4v) is 2.88. The highest BCUT2D eigenvalue weighted by molar-refractivity contribution is 5.75. The van der Waals surface area contributed by atoms with Crippen LogP contribution < -0.4 is 5.32 Å². The Morgan fingerprint density at radius 1 is 0.895 bits per heavy atom. The van der Waals surface area contributed by atoms with Crippen LogP contribution in [0.2, 0.25) is 0 Å². The number of likely N-dealkylation sites (tertiary alicyclic amines) is 2. The zero-order valence-electron chi connectivity index (χ0n) is 11.9. The summed E-state index contributed by atoms with van der Waals surface area (Å²) in [4.78, 5) is 27.2. The topological polar surface area (TPSA) is 52.7 Å². The Morgan fingerprint density at radius 2 is 1.47 bits per heavy atom. The number of piperidine rings is 1. The third-order valence-electron chi connectivity index (χ3n) is 4.16. The van der Waals surface area contributed by atoms with Gasteiger partial charge in [0.2, 0.25) is 5.91 Å². The summed E-state index contributed by atoms with van der Waals surface area (Å²) >= 11 is 0. The number of rotatable bonds is 1. The molecule has 0 radical (unpaired) electrons. The highest BCUT2D eigenvalue weighted by Crippen LogP contribution is 2.13. The second-order valence-electron chi connectivity index (χ2n) is 5.63. The molecule has 0 saturated carbocycles. The van der Waals surface area contributed by atoms with E-state index in [1.807, 2.05) is 9.80 Å². The monoisotopic (exact) mass is 267 g/mol. The van der Waals surface area contributed by atoms with Crippen LogP contribution >= 0.6 is 0 Å². The molecule has 2 fully saturated rings. The summed E-state index contributed by atoms with van der Waals surface area (Å²) in [7, 11) is 0. The van der Waals surface area contributed by atoms with Crippen molar-refractivity contribution in [2.45, 2.75) is 51.5 Å². The molecule has 0 aromatic heterocycles. The molecule has 5 heteroatoms. The van der Waals surface area contributed by atoms with Crippen LogP contribution in [0.5, 0.6) is 0 Å². The molecule has 5 nitrogen and oxygen atoms in total. The largest absolute Gasteiger partial charge is 0.343 e. The fourth-order valence-electron chi connectivity index (χ4n) is 2.88. The first-order chi connectivity index (χ1) is 9.16. The Labute approximate surface area is 115 Å². The van der Waals surface area contributed by atoms with E-state index in [0.29, 0.717) is 0 Å². The second kappa shape index (κ2) is 6.78. The van der Waals surface area contributed by atoms with E-state index >= 15 is 0 Å². The maximum atomic E-state index is 12.2. The molecule has 19 heavy (non-hydrogen) atoms. The van der Waals surface area contributed by atoms with Crippen molar-refractivity contribution in [2.75, 3.05) is 26.2 Å². The first-order valence-corrected chi connectivity index (χ1v) is 7.48. The SMILES string of the molecule is CC(=O)N1CCC(NC(=O)N2CCCCCC2)CC1. The molecule has 0 bridgehead atoms. The summed E-state index contributed by atoms with van der Waals surface area (Å²) in [5.41, 5.74) is 0. The number of urea groups is 1. The molecule has 108 valence electrons. The van der Waals surface area contributed by atoms with Gasteiger partial charge in [-0.25, -0.2) is 4.79 Å². The van der Waals surface area contributed by atoms with Crippen LogP contribution in [0.1, 0.15) is 45.4 Å². The average molecular weight is 267 g/mol. The minimum Gasteiger partial charge on any atom is -0.343 e. The minimum atomic E-state index is 0.0863. The minimum absolute atomic E-state index is 0.0863. The van der Waals surface area contributed by atoms with Crippen LogP contribution in [0, 0.1) is 0 Å². The molecule has 1 N–H and O–H groups in total. The summed E-state index contributed by atoms with van der Waals surface area (Å²) in [5.74, 6) is 0.136. The maximum absolute atomic E-state index is 12.2. The van der Waals surface area contributed by atoms with Gasteiger partial charge < -0.3 is 15.1 Å². The van der Waals surface area contributed by atoms with Crippen molar-refractivity contribution >= 4 is 11.9 Å². The Bertz CT molecular complexity index is 317. The zero-order chi connectivity index (χ0) is 13.7. The van der Waals surface area contributed by atoms with E-state index in [1.165, 1.54) is 12.8 Å². The summed E-state index contributed by atoms with van der Waals surface area (Å²) in [6.45, 7) is 4.91. The third-order valence-corrected chi connectivity index (χ3v) is 4.16. The first kappa shape index (κ1) is 14.2. The van der Waals surface area contributed by atoms with Crippen LogP contribution in [0.25, 0.3) is 0 Å². The van der Waals surface area contributed by atoms with Crippen molar-refractivity contribution in [3.8, 4) is 0 Å². The van der Waals surface area contributed by atoms with E-state index in [2.05, 4.69) is 5.32 Å². The molecule has 0 aliphatic carbocycles. The fraction of sp³-hybridized carbons (Fsp3) is 0.857. The van der Waals surface area contributed by atoms with Gasteiger partial charge in [-0.3, -0.25) is 4.79 Å². The second-order valence-corrected chi connectivity index (χ2v) is 5.63. The summed E-state index contributed by atoms with van der Waals surface area (Å²) in [5, 5.41) is 3.12. The Kier molecular flexibility index (Phi) is 5.05. The lowest BCUT2D eigenvalue weighted by atomic mass is 10.1. The smallest absolute Gasteiger partial charge is 0.317 e. The number of carbonyl (C=O) groups is 2. The normalized spacial score (nSPS) is 21.9. The van der Waals surface area contributed by atoms with E-state index in [9.17, 15) is 9.59 Å². The number of nitrogens with zero attached hydrogens (tertiary/aromatic N) is 2. The molecule has 2 aliphatic rings. The van der Waals surface area contributed by atoms with E-state index in [4.69, 9.17) is 0 Å². The van der Waals surface area contributed by atoms with Gasteiger partial charge in [-0.15, -0.1) is 0 Å². The molecular weight excluding hydrogens is 242 g/mol. The predicted molar refractivity (Wildman–Crippen MR) is 73.8 cm³/mol.